The maximum Gasteiger partial charge on any atom is 0.0762 e. The average Bonchev–Trinajstić information content (AvgIpc) is 2.76. The Morgan fingerprint density at radius 2 is 1.95 bits per heavy atom. The van der Waals surface area contributed by atoms with E-state index in [2.05, 4.69) is 70.0 Å². The van der Waals surface area contributed by atoms with E-state index in [0.717, 1.165) is 17.4 Å². The molecular formula is C16H22BrN3. The number of nitrogens with zero attached hydrogens (tertiary/aromatic N) is 2. The summed E-state index contributed by atoms with van der Waals surface area (Å²) >= 11 is 3.65. The van der Waals surface area contributed by atoms with Gasteiger partial charge < -0.3 is 5.32 Å². The van der Waals surface area contributed by atoms with Gasteiger partial charge in [0.05, 0.1) is 22.4 Å². The second-order valence-corrected chi connectivity index (χ2v) is 5.98. The molecule has 0 spiro atoms. The molecule has 0 radical (unpaired) electrons. The topological polar surface area (TPSA) is 29.9 Å². The van der Waals surface area contributed by atoms with Gasteiger partial charge in [-0.25, -0.2) is 0 Å². The van der Waals surface area contributed by atoms with Gasteiger partial charge in [0, 0.05) is 6.54 Å². The molecule has 2 aromatic rings. The van der Waals surface area contributed by atoms with Crippen molar-refractivity contribution in [3.05, 3.63) is 51.3 Å². The predicted molar refractivity (Wildman–Crippen MR) is 87.0 cm³/mol. The molecule has 1 unspecified atom stereocenters. The third-order valence-corrected chi connectivity index (χ3v) is 4.27. The number of aryl methyl sites for hydroxylation is 3. The summed E-state index contributed by atoms with van der Waals surface area (Å²) in [5.41, 5.74) is 5.15. The quantitative estimate of drug-likeness (QED) is 0.895. The first kappa shape index (κ1) is 15.3. The normalized spacial score (nSPS) is 12.7. The second-order valence-electron chi connectivity index (χ2n) is 5.13. The molecule has 1 aromatic heterocycles. The van der Waals surface area contributed by atoms with E-state index in [-0.39, 0.29) is 6.04 Å². The molecule has 1 aromatic carbocycles. The van der Waals surface area contributed by atoms with Gasteiger partial charge in [0.25, 0.3) is 0 Å². The Labute approximate surface area is 129 Å². The summed E-state index contributed by atoms with van der Waals surface area (Å²) in [6.45, 7) is 7.44. The minimum absolute atomic E-state index is 0.152. The van der Waals surface area contributed by atoms with Crippen molar-refractivity contribution in [3.63, 3.8) is 0 Å². The Morgan fingerprint density at radius 3 is 2.50 bits per heavy atom. The van der Waals surface area contributed by atoms with Crippen LogP contribution in [0.25, 0.3) is 0 Å². The van der Waals surface area contributed by atoms with E-state index in [1.165, 1.54) is 22.4 Å². The van der Waals surface area contributed by atoms with Gasteiger partial charge in [-0.2, -0.15) is 5.10 Å². The Kier molecular flexibility index (Phi) is 5.00. The summed E-state index contributed by atoms with van der Waals surface area (Å²) in [6.07, 6.45) is 2.97. The fourth-order valence-corrected chi connectivity index (χ4v) is 3.27. The maximum absolute atomic E-state index is 4.49. The van der Waals surface area contributed by atoms with Crippen molar-refractivity contribution in [2.45, 2.75) is 39.8 Å². The van der Waals surface area contributed by atoms with E-state index in [0.29, 0.717) is 0 Å². The van der Waals surface area contributed by atoms with Gasteiger partial charge in [0.1, 0.15) is 0 Å². The standard InChI is InChI=1S/C16H22BrN3/c1-5-9-20-16(13(17)10-19-20)15(18-4)14-11(2)7-6-8-12(14)3/h6-8,10,15,18H,5,9H2,1-4H3. The van der Waals surface area contributed by atoms with Gasteiger partial charge in [-0.3, -0.25) is 4.68 Å². The van der Waals surface area contributed by atoms with Crippen LogP contribution < -0.4 is 5.32 Å². The van der Waals surface area contributed by atoms with Crippen molar-refractivity contribution in [3.8, 4) is 0 Å². The fourth-order valence-electron chi connectivity index (χ4n) is 2.75. The zero-order valence-electron chi connectivity index (χ0n) is 12.6. The lowest BCUT2D eigenvalue weighted by Crippen LogP contribution is -2.23. The smallest absolute Gasteiger partial charge is 0.0762 e. The summed E-state index contributed by atoms with van der Waals surface area (Å²) in [7, 11) is 2.01. The summed E-state index contributed by atoms with van der Waals surface area (Å²) < 4.78 is 3.16. The van der Waals surface area contributed by atoms with Crippen LogP contribution in [0.15, 0.2) is 28.9 Å². The first-order valence-corrected chi connectivity index (χ1v) is 7.84. The summed E-state index contributed by atoms with van der Waals surface area (Å²) in [5, 5.41) is 7.94. The van der Waals surface area contributed by atoms with Crippen molar-refractivity contribution in [1.82, 2.24) is 15.1 Å². The Hall–Kier alpha value is -1.13. The van der Waals surface area contributed by atoms with Gasteiger partial charge >= 0.3 is 0 Å². The second kappa shape index (κ2) is 6.55. The van der Waals surface area contributed by atoms with Crippen LogP contribution >= 0.6 is 15.9 Å². The lowest BCUT2D eigenvalue weighted by Gasteiger charge is -2.23. The predicted octanol–water partition coefficient (Wildman–Crippen LogP) is 3.98. The monoisotopic (exact) mass is 335 g/mol. The van der Waals surface area contributed by atoms with Crippen LogP contribution in [0.2, 0.25) is 0 Å². The summed E-state index contributed by atoms with van der Waals surface area (Å²) in [4.78, 5) is 0. The first-order valence-electron chi connectivity index (χ1n) is 7.04. The van der Waals surface area contributed by atoms with Gasteiger partial charge in [0.2, 0.25) is 0 Å². The summed E-state index contributed by atoms with van der Waals surface area (Å²) in [6, 6.07) is 6.60. The van der Waals surface area contributed by atoms with Crippen molar-refractivity contribution in [2.24, 2.45) is 0 Å². The Bertz CT molecular complexity index is 569. The molecule has 0 aliphatic carbocycles. The highest BCUT2D eigenvalue weighted by Gasteiger charge is 2.23. The number of halogens is 1. The number of aromatic nitrogens is 2. The van der Waals surface area contributed by atoms with Gasteiger partial charge in [-0.1, -0.05) is 25.1 Å². The number of hydrogen-bond acceptors (Lipinski definition) is 2. The van der Waals surface area contributed by atoms with Gasteiger partial charge in [0.15, 0.2) is 0 Å². The van der Waals surface area contributed by atoms with Crippen LogP contribution in [0, 0.1) is 13.8 Å². The lowest BCUT2D eigenvalue weighted by molar-refractivity contribution is 0.531. The zero-order chi connectivity index (χ0) is 14.7. The fraction of sp³-hybridized carbons (Fsp3) is 0.438. The molecule has 0 aliphatic heterocycles. The molecular weight excluding hydrogens is 314 g/mol. The van der Waals surface area contributed by atoms with Crippen molar-refractivity contribution in [2.75, 3.05) is 7.05 Å². The number of nitrogens with one attached hydrogen (secondary N) is 1. The van der Waals surface area contributed by atoms with Gasteiger partial charge in [-0.15, -0.1) is 0 Å². The molecule has 0 fully saturated rings. The number of benzene rings is 1. The minimum Gasteiger partial charge on any atom is -0.308 e. The van der Waals surface area contributed by atoms with E-state index >= 15 is 0 Å². The van der Waals surface area contributed by atoms with E-state index in [1.54, 1.807) is 0 Å². The largest absolute Gasteiger partial charge is 0.308 e. The molecule has 20 heavy (non-hydrogen) atoms. The van der Waals surface area contributed by atoms with Crippen molar-refractivity contribution in [1.29, 1.82) is 0 Å². The summed E-state index contributed by atoms with van der Waals surface area (Å²) in [5.74, 6) is 0. The van der Waals surface area contributed by atoms with Gasteiger partial charge in [-0.05, 0) is 59.9 Å². The Morgan fingerprint density at radius 1 is 1.30 bits per heavy atom. The highest BCUT2D eigenvalue weighted by atomic mass is 79.9. The van der Waals surface area contributed by atoms with Crippen LogP contribution in [-0.2, 0) is 6.54 Å². The molecule has 108 valence electrons. The molecule has 3 nitrogen and oxygen atoms in total. The van der Waals surface area contributed by atoms with Crippen LogP contribution in [0.4, 0.5) is 0 Å². The third kappa shape index (κ3) is 2.81. The molecule has 4 heteroatoms. The molecule has 0 saturated carbocycles. The van der Waals surface area contributed by atoms with Crippen LogP contribution in [0.3, 0.4) is 0 Å². The van der Waals surface area contributed by atoms with E-state index in [9.17, 15) is 0 Å². The van der Waals surface area contributed by atoms with E-state index in [1.807, 2.05) is 13.2 Å². The van der Waals surface area contributed by atoms with Crippen LogP contribution in [0.5, 0.6) is 0 Å². The van der Waals surface area contributed by atoms with Crippen LogP contribution in [0.1, 0.15) is 41.8 Å². The molecule has 1 N–H and O–H groups in total. The minimum atomic E-state index is 0.152. The van der Waals surface area contributed by atoms with Crippen molar-refractivity contribution < 1.29 is 0 Å². The lowest BCUT2D eigenvalue weighted by atomic mass is 9.94. The van der Waals surface area contributed by atoms with E-state index < -0.39 is 0 Å². The van der Waals surface area contributed by atoms with E-state index in [4.69, 9.17) is 0 Å². The first-order chi connectivity index (χ1) is 9.60. The maximum atomic E-state index is 4.49. The molecule has 1 heterocycles. The zero-order valence-corrected chi connectivity index (χ0v) is 14.2. The molecule has 0 bridgehead atoms. The SMILES string of the molecule is CCCn1ncc(Br)c1C(NC)c1c(C)cccc1C. The van der Waals surface area contributed by atoms with Crippen LogP contribution in [-0.4, -0.2) is 16.8 Å². The molecule has 2 rings (SSSR count). The van der Waals surface area contributed by atoms with Crippen molar-refractivity contribution >= 4 is 15.9 Å². The third-order valence-electron chi connectivity index (χ3n) is 3.66. The molecule has 0 amide bonds. The number of rotatable bonds is 5. The molecule has 0 aliphatic rings. The Balaban J connectivity index is 2.55. The molecule has 1 atom stereocenters. The average molecular weight is 336 g/mol. The highest BCUT2D eigenvalue weighted by molar-refractivity contribution is 9.10. The number of hydrogen-bond donors (Lipinski definition) is 1. The highest BCUT2D eigenvalue weighted by Crippen LogP contribution is 2.32. The molecule has 0 saturated heterocycles.